The monoisotopic (exact) mass is 241 g/mol. The molecule has 88 valence electrons. The number of piperazine rings is 1. The molecule has 1 aliphatic heterocycles. The van der Waals surface area contributed by atoms with Crippen LogP contribution >= 0.6 is 11.3 Å². The van der Waals surface area contributed by atoms with Gasteiger partial charge in [-0.25, -0.2) is 4.98 Å². The van der Waals surface area contributed by atoms with Crippen LogP contribution in [0.3, 0.4) is 0 Å². The number of carbonyl (C=O) groups excluding carboxylic acids is 1. The van der Waals surface area contributed by atoms with Gasteiger partial charge in [-0.1, -0.05) is 0 Å². The summed E-state index contributed by atoms with van der Waals surface area (Å²) >= 11 is 1.44. The fraction of sp³-hybridized carbons (Fsp3) is 0.600. The van der Waals surface area contributed by atoms with Gasteiger partial charge in [-0.2, -0.15) is 0 Å². The predicted octanol–water partition coefficient (Wildman–Crippen LogP) is -0.107. The predicted molar refractivity (Wildman–Crippen MR) is 61.5 cm³/mol. The molecule has 1 aromatic rings. The zero-order valence-electron chi connectivity index (χ0n) is 9.00. The van der Waals surface area contributed by atoms with Crippen molar-refractivity contribution in [3.05, 3.63) is 16.6 Å². The van der Waals surface area contributed by atoms with E-state index < -0.39 is 0 Å². The summed E-state index contributed by atoms with van der Waals surface area (Å²) in [4.78, 5) is 19.9. The maximum absolute atomic E-state index is 11.9. The van der Waals surface area contributed by atoms with Crippen LogP contribution < -0.4 is 0 Å². The van der Waals surface area contributed by atoms with Gasteiger partial charge in [0, 0.05) is 38.1 Å². The van der Waals surface area contributed by atoms with Crippen LogP contribution in [0.25, 0.3) is 0 Å². The SMILES string of the molecule is O=C(c1cscn1)N1CCN(CCO)CC1. The van der Waals surface area contributed by atoms with E-state index >= 15 is 0 Å². The lowest BCUT2D eigenvalue weighted by Gasteiger charge is -2.33. The number of rotatable bonds is 3. The molecule has 0 aromatic carbocycles. The van der Waals surface area contributed by atoms with E-state index in [0.29, 0.717) is 12.2 Å². The Morgan fingerprint density at radius 2 is 2.19 bits per heavy atom. The minimum Gasteiger partial charge on any atom is -0.395 e. The number of carbonyl (C=O) groups is 1. The topological polar surface area (TPSA) is 56.7 Å². The van der Waals surface area contributed by atoms with Crippen LogP contribution in [0.1, 0.15) is 10.5 Å². The summed E-state index contributed by atoms with van der Waals surface area (Å²) < 4.78 is 0. The van der Waals surface area contributed by atoms with Crippen LogP contribution in [0.5, 0.6) is 0 Å². The number of nitrogens with zero attached hydrogens (tertiary/aromatic N) is 3. The van der Waals surface area contributed by atoms with Crippen molar-refractivity contribution in [2.24, 2.45) is 0 Å². The Morgan fingerprint density at radius 3 is 2.75 bits per heavy atom. The minimum atomic E-state index is 0.0184. The van der Waals surface area contributed by atoms with Crippen LogP contribution in [-0.2, 0) is 0 Å². The smallest absolute Gasteiger partial charge is 0.273 e. The van der Waals surface area contributed by atoms with Gasteiger partial charge in [-0.15, -0.1) is 11.3 Å². The Hall–Kier alpha value is -0.980. The molecule has 6 heteroatoms. The molecule has 2 heterocycles. The molecule has 1 saturated heterocycles. The molecule has 2 rings (SSSR count). The quantitative estimate of drug-likeness (QED) is 0.802. The van der Waals surface area contributed by atoms with E-state index in [-0.39, 0.29) is 12.5 Å². The van der Waals surface area contributed by atoms with Gasteiger partial charge in [0.2, 0.25) is 0 Å². The molecule has 16 heavy (non-hydrogen) atoms. The van der Waals surface area contributed by atoms with E-state index in [1.54, 1.807) is 10.9 Å². The third-order valence-corrected chi connectivity index (χ3v) is 3.31. The van der Waals surface area contributed by atoms with Crippen molar-refractivity contribution in [3.8, 4) is 0 Å². The Morgan fingerprint density at radius 1 is 1.44 bits per heavy atom. The molecule has 0 atom stereocenters. The van der Waals surface area contributed by atoms with Gasteiger partial charge in [0.05, 0.1) is 12.1 Å². The lowest BCUT2D eigenvalue weighted by atomic mass is 10.3. The minimum absolute atomic E-state index is 0.0184. The molecule has 0 radical (unpaired) electrons. The first kappa shape index (κ1) is 11.5. The summed E-state index contributed by atoms with van der Waals surface area (Å²) in [7, 11) is 0. The third kappa shape index (κ3) is 2.58. The Balaban J connectivity index is 1.87. The van der Waals surface area contributed by atoms with E-state index in [0.717, 1.165) is 26.2 Å². The maximum Gasteiger partial charge on any atom is 0.273 e. The molecule has 1 aromatic heterocycles. The molecule has 0 spiro atoms. The first-order valence-corrected chi connectivity index (χ1v) is 6.26. The lowest BCUT2D eigenvalue weighted by molar-refractivity contribution is 0.0610. The van der Waals surface area contributed by atoms with Gasteiger partial charge in [0.15, 0.2) is 0 Å². The number of amides is 1. The van der Waals surface area contributed by atoms with Crippen LogP contribution in [0.4, 0.5) is 0 Å². The summed E-state index contributed by atoms with van der Waals surface area (Å²) in [6.07, 6.45) is 0. The van der Waals surface area contributed by atoms with E-state index in [4.69, 9.17) is 5.11 Å². The second kappa shape index (κ2) is 5.38. The molecule has 0 aliphatic carbocycles. The second-order valence-corrected chi connectivity index (χ2v) is 4.45. The Bertz CT molecular complexity index is 334. The largest absolute Gasteiger partial charge is 0.395 e. The fourth-order valence-electron chi connectivity index (χ4n) is 1.80. The number of aliphatic hydroxyl groups is 1. The molecule has 5 nitrogen and oxygen atoms in total. The van der Waals surface area contributed by atoms with E-state index in [1.165, 1.54) is 11.3 Å². The van der Waals surface area contributed by atoms with E-state index in [2.05, 4.69) is 9.88 Å². The van der Waals surface area contributed by atoms with Crippen LogP contribution in [0.2, 0.25) is 0 Å². The average Bonchev–Trinajstić information content (AvgIpc) is 2.83. The highest BCUT2D eigenvalue weighted by atomic mass is 32.1. The van der Waals surface area contributed by atoms with Gasteiger partial charge in [0.1, 0.15) is 5.69 Å². The third-order valence-electron chi connectivity index (χ3n) is 2.73. The van der Waals surface area contributed by atoms with Crippen LogP contribution in [0, 0.1) is 0 Å². The molecule has 1 aliphatic rings. The van der Waals surface area contributed by atoms with Gasteiger partial charge in [-0.05, 0) is 0 Å². The zero-order valence-corrected chi connectivity index (χ0v) is 9.82. The zero-order chi connectivity index (χ0) is 11.4. The summed E-state index contributed by atoms with van der Waals surface area (Å²) in [5, 5.41) is 10.6. The normalized spacial score (nSPS) is 17.7. The number of β-amino-alcohol motifs (C(OH)–C–C–N with tert-alkyl or cyclic N) is 1. The van der Waals surface area contributed by atoms with Gasteiger partial charge in [0.25, 0.3) is 5.91 Å². The number of hydrogen-bond donors (Lipinski definition) is 1. The highest BCUT2D eigenvalue weighted by Crippen LogP contribution is 2.08. The van der Waals surface area contributed by atoms with Crippen LogP contribution in [0.15, 0.2) is 10.9 Å². The molecule has 0 unspecified atom stereocenters. The van der Waals surface area contributed by atoms with E-state index in [9.17, 15) is 4.79 Å². The summed E-state index contributed by atoms with van der Waals surface area (Å²) in [5.41, 5.74) is 2.22. The van der Waals surface area contributed by atoms with Crippen molar-refractivity contribution in [2.75, 3.05) is 39.3 Å². The summed E-state index contributed by atoms with van der Waals surface area (Å²) in [6, 6.07) is 0. The van der Waals surface area contributed by atoms with Crippen molar-refractivity contribution in [1.29, 1.82) is 0 Å². The molecule has 0 bridgehead atoms. The van der Waals surface area contributed by atoms with Gasteiger partial charge < -0.3 is 10.0 Å². The number of aromatic nitrogens is 1. The second-order valence-electron chi connectivity index (χ2n) is 3.73. The molecular formula is C10H15N3O2S. The highest BCUT2D eigenvalue weighted by Gasteiger charge is 2.22. The highest BCUT2D eigenvalue weighted by molar-refractivity contribution is 7.07. The number of hydrogen-bond acceptors (Lipinski definition) is 5. The standard InChI is InChI=1S/C10H15N3O2S/c14-6-5-12-1-3-13(4-2-12)10(15)9-7-16-8-11-9/h7-8,14H,1-6H2. The molecule has 1 N–H and O–H groups in total. The summed E-state index contributed by atoms with van der Waals surface area (Å²) in [5.74, 6) is 0.0184. The van der Waals surface area contributed by atoms with Crippen molar-refractivity contribution in [1.82, 2.24) is 14.8 Å². The van der Waals surface area contributed by atoms with Crippen molar-refractivity contribution in [3.63, 3.8) is 0 Å². The molecular weight excluding hydrogens is 226 g/mol. The van der Waals surface area contributed by atoms with E-state index in [1.807, 2.05) is 4.90 Å². The van der Waals surface area contributed by atoms with Crippen molar-refractivity contribution in [2.45, 2.75) is 0 Å². The molecule has 1 fully saturated rings. The fourth-order valence-corrected chi connectivity index (χ4v) is 2.32. The van der Waals surface area contributed by atoms with Crippen LogP contribution in [-0.4, -0.2) is 65.1 Å². The Labute approximate surface area is 98.3 Å². The Kier molecular flexibility index (Phi) is 3.87. The average molecular weight is 241 g/mol. The molecule has 1 amide bonds. The maximum atomic E-state index is 11.9. The lowest BCUT2D eigenvalue weighted by Crippen LogP contribution is -2.49. The van der Waals surface area contributed by atoms with Crippen molar-refractivity contribution >= 4 is 17.2 Å². The number of thiazole rings is 1. The van der Waals surface area contributed by atoms with Crippen molar-refractivity contribution < 1.29 is 9.90 Å². The first-order chi connectivity index (χ1) is 7.81. The molecule has 0 saturated carbocycles. The number of aliphatic hydroxyl groups excluding tert-OH is 1. The van der Waals surface area contributed by atoms with Gasteiger partial charge in [-0.3, -0.25) is 9.69 Å². The summed E-state index contributed by atoms with van der Waals surface area (Å²) in [6.45, 7) is 3.97. The first-order valence-electron chi connectivity index (χ1n) is 5.32. The van der Waals surface area contributed by atoms with Gasteiger partial charge >= 0.3 is 0 Å².